The number of fused-ring (bicyclic) bond motifs is 3. The maximum Gasteiger partial charge on any atom is 0.337 e. The number of carboxylic acid groups (broad SMARTS) is 1. The molecule has 29 heavy (non-hydrogen) atoms. The standard InChI is InChI=1S/C21H11ClN2O4S/c22-14-7-5-11(9-13(14)20(26)27)17-8-6-12(28-17)10-18-19(25)24-16-4-2-1-3-15(16)23-21(24)29-18/h1-10H,(H,26,27)/b18-10+. The summed E-state index contributed by atoms with van der Waals surface area (Å²) in [7, 11) is 0. The van der Waals surface area contributed by atoms with Crippen LogP contribution in [0.2, 0.25) is 5.02 Å². The number of aromatic carboxylic acids is 1. The zero-order valence-electron chi connectivity index (χ0n) is 14.6. The molecule has 1 N–H and O–H groups in total. The molecule has 0 aliphatic heterocycles. The van der Waals surface area contributed by atoms with E-state index in [1.165, 1.54) is 23.5 Å². The maximum atomic E-state index is 12.8. The predicted octanol–water partition coefficient (Wildman–Crippen LogP) is 4.07. The molecule has 0 bridgehead atoms. The van der Waals surface area contributed by atoms with Crippen molar-refractivity contribution in [2.24, 2.45) is 0 Å². The van der Waals surface area contributed by atoms with Gasteiger partial charge in [0.15, 0.2) is 4.96 Å². The van der Waals surface area contributed by atoms with Gasteiger partial charge in [0.25, 0.3) is 5.56 Å². The number of carboxylic acids is 1. The molecule has 5 rings (SSSR count). The number of thiazole rings is 1. The van der Waals surface area contributed by atoms with Gasteiger partial charge in [0.2, 0.25) is 0 Å². The highest BCUT2D eigenvalue weighted by molar-refractivity contribution is 7.15. The number of carbonyl (C=O) groups is 1. The third-order valence-electron chi connectivity index (χ3n) is 4.53. The fourth-order valence-electron chi connectivity index (χ4n) is 3.17. The summed E-state index contributed by atoms with van der Waals surface area (Å²) in [6.45, 7) is 0. The number of hydrogen-bond acceptors (Lipinski definition) is 5. The van der Waals surface area contributed by atoms with Crippen LogP contribution in [0.1, 0.15) is 16.1 Å². The van der Waals surface area contributed by atoms with E-state index in [9.17, 15) is 14.7 Å². The van der Waals surface area contributed by atoms with E-state index in [0.29, 0.717) is 26.6 Å². The zero-order valence-corrected chi connectivity index (χ0v) is 16.2. The summed E-state index contributed by atoms with van der Waals surface area (Å²) in [5, 5.41) is 9.39. The molecule has 8 heteroatoms. The molecule has 0 unspecified atom stereocenters. The van der Waals surface area contributed by atoms with Crippen LogP contribution < -0.4 is 10.1 Å². The van der Waals surface area contributed by atoms with E-state index in [1.807, 2.05) is 24.3 Å². The third kappa shape index (κ3) is 2.91. The quantitative estimate of drug-likeness (QED) is 0.473. The molecule has 0 atom stereocenters. The minimum Gasteiger partial charge on any atom is -0.478 e. The molecule has 3 aromatic heterocycles. The number of benzene rings is 2. The Labute approximate surface area is 171 Å². The second kappa shape index (κ2) is 6.58. The molecule has 142 valence electrons. The van der Waals surface area contributed by atoms with E-state index in [1.54, 1.807) is 28.7 Å². The van der Waals surface area contributed by atoms with E-state index in [0.717, 1.165) is 11.0 Å². The number of rotatable bonds is 3. The van der Waals surface area contributed by atoms with Crippen LogP contribution in [0.4, 0.5) is 0 Å². The summed E-state index contributed by atoms with van der Waals surface area (Å²) in [5.74, 6) is -0.146. The monoisotopic (exact) mass is 422 g/mol. The SMILES string of the molecule is O=C(O)c1cc(-c2ccc(/C=c3/sc4nc5ccccc5n4c3=O)o2)ccc1Cl. The van der Waals surface area contributed by atoms with E-state index >= 15 is 0 Å². The van der Waals surface area contributed by atoms with Gasteiger partial charge in [-0.05, 0) is 42.5 Å². The molecule has 0 aliphatic rings. The average Bonchev–Trinajstić information content (AvgIpc) is 3.38. The highest BCUT2D eigenvalue weighted by Crippen LogP contribution is 2.27. The van der Waals surface area contributed by atoms with Crippen LogP contribution in [0, 0.1) is 0 Å². The Morgan fingerprint density at radius 1 is 1.17 bits per heavy atom. The van der Waals surface area contributed by atoms with Crippen LogP contribution >= 0.6 is 22.9 Å². The van der Waals surface area contributed by atoms with Gasteiger partial charge in [-0.3, -0.25) is 4.79 Å². The summed E-state index contributed by atoms with van der Waals surface area (Å²) in [4.78, 5) is 29.2. The molecule has 5 aromatic rings. The molecule has 0 fully saturated rings. The maximum absolute atomic E-state index is 12.8. The number of halogens is 1. The van der Waals surface area contributed by atoms with Crippen LogP contribution in [-0.2, 0) is 0 Å². The Morgan fingerprint density at radius 3 is 2.83 bits per heavy atom. The van der Waals surface area contributed by atoms with Gasteiger partial charge in [-0.25, -0.2) is 14.2 Å². The lowest BCUT2D eigenvalue weighted by Gasteiger charge is -2.01. The van der Waals surface area contributed by atoms with Crippen LogP contribution in [0.3, 0.4) is 0 Å². The van der Waals surface area contributed by atoms with Gasteiger partial charge in [-0.1, -0.05) is 35.1 Å². The fraction of sp³-hybridized carbons (Fsp3) is 0. The molecule has 0 saturated heterocycles. The topological polar surface area (TPSA) is 84.8 Å². The molecule has 0 aliphatic carbocycles. The van der Waals surface area contributed by atoms with Crippen LogP contribution in [0.15, 0.2) is 63.8 Å². The predicted molar refractivity (Wildman–Crippen MR) is 112 cm³/mol. The van der Waals surface area contributed by atoms with Gasteiger partial charge < -0.3 is 9.52 Å². The average molecular weight is 423 g/mol. The van der Waals surface area contributed by atoms with Gasteiger partial charge in [0.1, 0.15) is 16.1 Å². The Bertz CT molecular complexity index is 1530. The summed E-state index contributed by atoms with van der Waals surface area (Å²) >= 11 is 7.21. The molecular weight excluding hydrogens is 412 g/mol. The lowest BCUT2D eigenvalue weighted by atomic mass is 10.1. The van der Waals surface area contributed by atoms with Crippen LogP contribution in [0.5, 0.6) is 0 Å². The first-order chi connectivity index (χ1) is 14.0. The van der Waals surface area contributed by atoms with Crippen molar-refractivity contribution in [1.29, 1.82) is 0 Å². The number of imidazole rings is 1. The van der Waals surface area contributed by atoms with Gasteiger partial charge in [-0.15, -0.1) is 0 Å². The van der Waals surface area contributed by atoms with Crippen molar-refractivity contribution in [2.45, 2.75) is 0 Å². The van der Waals surface area contributed by atoms with Crippen molar-refractivity contribution in [2.75, 3.05) is 0 Å². The zero-order chi connectivity index (χ0) is 20.1. The second-order valence-corrected chi connectivity index (χ2v) is 7.75. The molecule has 2 aromatic carbocycles. The van der Waals surface area contributed by atoms with E-state index in [-0.39, 0.29) is 16.1 Å². The number of aromatic nitrogens is 2. The Hall–Kier alpha value is -3.42. The molecule has 0 radical (unpaired) electrons. The number of furan rings is 1. The lowest BCUT2D eigenvalue weighted by Crippen LogP contribution is -2.22. The van der Waals surface area contributed by atoms with Crippen molar-refractivity contribution >= 4 is 51.0 Å². The molecule has 3 heterocycles. The van der Waals surface area contributed by atoms with E-state index in [4.69, 9.17) is 16.0 Å². The van der Waals surface area contributed by atoms with E-state index < -0.39 is 5.97 Å². The molecule has 0 spiro atoms. The number of hydrogen-bond donors (Lipinski definition) is 1. The minimum atomic E-state index is -1.11. The normalized spacial score (nSPS) is 12.2. The highest BCUT2D eigenvalue weighted by Gasteiger charge is 2.13. The first kappa shape index (κ1) is 17.7. The molecule has 0 amide bonds. The fourth-order valence-corrected chi connectivity index (χ4v) is 4.33. The number of para-hydroxylation sites is 2. The van der Waals surface area contributed by atoms with Gasteiger partial charge in [-0.2, -0.15) is 0 Å². The van der Waals surface area contributed by atoms with Crippen molar-refractivity contribution < 1.29 is 14.3 Å². The van der Waals surface area contributed by atoms with Crippen molar-refractivity contribution in [1.82, 2.24) is 9.38 Å². The summed E-state index contributed by atoms with van der Waals surface area (Å²) < 4.78 is 7.90. The third-order valence-corrected chi connectivity index (χ3v) is 5.82. The largest absolute Gasteiger partial charge is 0.478 e. The molecule has 6 nitrogen and oxygen atoms in total. The first-order valence-electron chi connectivity index (χ1n) is 8.56. The lowest BCUT2D eigenvalue weighted by molar-refractivity contribution is 0.0697. The summed E-state index contributed by atoms with van der Waals surface area (Å²) in [6, 6.07) is 15.6. The van der Waals surface area contributed by atoms with Crippen LogP contribution in [0.25, 0.3) is 33.4 Å². The van der Waals surface area contributed by atoms with E-state index in [2.05, 4.69) is 4.98 Å². The first-order valence-corrected chi connectivity index (χ1v) is 9.75. The van der Waals surface area contributed by atoms with Gasteiger partial charge in [0, 0.05) is 11.6 Å². The summed E-state index contributed by atoms with van der Waals surface area (Å²) in [6.07, 6.45) is 1.66. The summed E-state index contributed by atoms with van der Waals surface area (Å²) in [5.41, 5.74) is 1.97. The van der Waals surface area contributed by atoms with Crippen molar-refractivity contribution in [3.05, 3.63) is 85.8 Å². The van der Waals surface area contributed by atoms with Crippen LogP contribution in [-0.4, -0.2) is 20.5 Å². The highest BCUT2D eigenvalue weighted by atomic mass is 35.5. The van der Waals surface area contributed by atoms with Crippen molar-refractivity contribution in [3.63, 3.8) is 0 Å². The Morgan fingerprint density at radius 2 is 2.00 bits per heavy atom. The molecule has 0 saturated carbocycles. The van der Waals surface area contributed by atoms with Gasteiger partial charge in [0.05, 0.1) is 21.6 Å². The second-order valence-electron chi connectivity index (χ2n) is 6.34. The Balaban J connectivity index is 1.59. The Kier molecular flexibility index (Phi) is 4.01. The number of nitrogens with zero attached hydrogens (tertiary/aromatic N) is 2. The molecular formula is C21H11ClN2O4S. The van der Waals surface area contributed by atoms with Crippen molar-refractivity contribution in [3.8, 4) is 11.3 Å². The smallest absolute Gasteiger partial charge is 0.337 e. The van der Waals surface area contributed by atoms with Gasteiger partial charge >= 0.3 is 5.97 Å². The minimum absolute atomic E-state index is 0.000649.